The molecule has 0 atom stereocenters. The molecule has 0 saturated heterocycles. The molecule has 94 valence electrons. The van der Waals surface area contributed by atoms with Crippen LogP contribution in [-0.4, -0.2) is 10.8 Å². The van der Waals surface area contributed by atoms with Crippen molar-refractivity contribution in [2.75, 3.05) is 0 Å². The lowest BCUT2D eigenvalue weighted by Crippen LogP contribution is -2.13. The van der Waals surface area contributed by atoms with E-state index < -0.39 is 4.92 Å². The molecule has 0 bridgehead atoms. The number of nitro benzene ring substituents is 1. The van der Waals surface area contributed by atoms with Gasteiger partial charge in [0.15, 0.2) is 0 Å². The topological polar surface area (TPSA) is 72.2 Å². The fourth-order valence-corrected chi connectivity index (χ4v) is 2.37. The Bertz CT molecular complexity index is 681. The van der Waals surface area contributed by atoms with Crippen molar-refractivity contribution in [3.8, 4) is 11.1 Å². The molecule has 0 unspecified atom stereocenters. The number of hydrogen-bond acceptors (Lipinski definition) is 3. The van der Waals surface area contributed by atoms with Gasteiger partial charge >= 0.3 is 0 Å². The number of carbonyl (C=O) groups excluding carboxylic acids is 1. The summed E-state index contributed by atoms with van der Waals surface area (Å²) in [5.41, 5.74) is 2.56. The fraction of sp³-hybridized carbons (Fsp3) is 0.0714. The Morgan fingerprint density at radius 1 is 1.11 bits per heavy atom. The summed E-state index contributed by atoms with van der Waals surface area (Å²) in [7, 11) is 0. The SMILES string of the molecule is O=C1NCc2c(-c3ccccc3)ccc([N+](=O)[O-])c21. The largest absolute Gasteiger partial charge is 0.348 e. The zero-order valence-corrected chi connectivity index (χ0v) is 9.92. The van der Waals surface area contributed by atoms with E-state index in [0.717, 1.165) is 11.1 Å². The van der Waals surface area contributed by atoms with Crippen molar-refractivity contribution in [2.45, 2.75) is 6.54 Å². The predicted octanol–water partition coefficient (Wildman–Crippen LogP) is 2.51. The van der Waals surface area contributed by atoms with E-state index in [2.05, 4.69) is 5.32 Å². The molecule has 0 aromatic heterocycles. The molecule has 0 radical (unpaired) electrons. The molecule has 3 rings (SSSR count). The molecule has 1 aliphatic rings. The minimum absolute atomic E-state index is 0.135. The Morgan fingerprint density at radius 3 is 2.53 bits per heavy atom. The molecule has 2 aromatic rings. The van der Waals surface area contributed by atoms with Crippen molar-refractivity contribution in [1.29, 1.82) is 0 Å². The Labute approximate surface area is 109 Å². The monoisotopic (exact) mass is 254 g/mol. The average Bonchev–Trinajstić information content (AvgIpc) is 2.81. The number of fused-ring (bicyclic) bond motifs is 1. The third-order valence-corrected chi connectivity index (χ3v) is 3.23. The summed E-state index contributed by atoms with van der Waals surface area (Å²) >= 11 is 0. The van der Waals surface area contributed by atoms with Crippen molar-refractivity contribution < 1.29 is 9.72 Å². The maximum Gasteiger partial charge on any atom is 0.282 e. The van der Waals surface area contributed by atoms with Crippen molar-refractivity contribution in [2.24, 2.45) is 0 Å². The summed E-state index contributed by atoms with van der Waals surface area (Å²) in [6.45, 7) is 0.333. The zero-order chi connectivity index (χ0) is 13.4. The van der Waals surface area contributed by atoms with Gasteiger partial charge in [0.2, 0.25) is 0 Å². The first-order valence-corrected chi connectivity index (χ1v) is 5.82. The van der Waals surface area contributed by atoms with Gasteiger partial charge < -0.3 is 5.32 Å². The molecule has 1 amide bonds. The molecule has 0 fully saturated rings. The van der Waals surface area contributed by atoms with E-state index in [0.29, 0.717) is 12.1 Å². The summed E-state index contributed by atoms with van der Waals surface area (Å²) in [4.78, 5) is 22.2. The Kier molecular flexibility index (Phi) is 2.52. The number of carbonyl (C=O) groups is 1. The number of rotatable bonds is 2. The highest BCUT2D eigenvalue weighted by molar-refractivity contribution is 6.04. The smallest absolute Gasteiger partial charge is 0.282 e. The van der Waals surface area contributed by atoms with Gasteiger partial charge in [0.05, 0.1) is 4.92 Å². The molecule has 1 heterocycles. The lowest BCUT2D eigenvalue weighted by molar-refractivity contribution is -0.385. The minimum atomic E-state index is -0.515. The predicted molar refractivity (Wildman–Crippen MR) is 69.7 cm³/mol. The van der Waals surface area contributed by atoms with Gasteiger partial charge in [-0.05, 0) is 22.8 Å². The molecule has 19 heavy (non-hydrogen) atoms. The number of nitrogens with zero attached hydrogens (tertiary/aromatic N) is 1. The van der Waals surface area contributed by atoms with E-state index in [4.69, 9.17) is 0 Å². The van der Waals surface area contributed by atoms with Gasteiger partial charge in [-0.25, -0.2) is 0 Å². The summed E-state index contributed by atoms with van der Waals surface area (Å²) in [5.74, 6) is -0.375. The molecule has 0 aliphatic carbocycles. The lowest BCUT2D eigenvalue weighted by Gasteiger charge is -2.07. The van der Waals surface area contributed by atoms with Crippen LogP contribution in [0, 0.1) is 10.1 Å². The summed E-state index contributed by atoms with van der Waals surface area (Å²) < 4.78 is 0. The van der Waals surface area contributed by atoms with Crippen LogP contribution < -0.4 is 5.32 Å². The number of benzene rings is 2. The highest BCUT2D eigenvalue weighted by Crippen LogP contribution is 2.34. The second kappa shape index (κ2) is 4.20. The second-order valence-electron chi connectivity index (χ2n) is 4.29. The van der Waals surface area contributed by atoms with Gasteiger partial charge in [-0.1, -0.05) is 30.3 Å². The summed E-state index contributed by atoms with van der Waals surface area (Å²) in [6.07, 6.45) is 0. The van der Waals surface area contributed by atoms with Gasteiger partial charge in [-0.3, -0.25) is 14.9 Å². The van der Waals surface area contributed by atoms with E-state index in [-0.39, 0.29) is 17.2 Å². The molecule has 5 nitrogen and oxygen atoms in total. The van der Waals surface area contributed by atoms with Crippen LogP contribution in [0.5, 0.6) is 0 Å². The standard InChI is InChI=1S/C14H10N2O3/c17-14-13-11(8-15-14)10(6-7-12(13)16(18)19)9-4-2-1-3-5-9/h1-7H,8H2,(H,15,17). The molecule has 2 aromatic carbocycles. The van der Waals surface area contributed by atoms with Gasteiger partial charge in [-0.15, -0.1) is 0 Å². The molecule has 1 aliphatic heterocycles. The molecule has 1 N–H and O–H groups in total. The number of amides is 1. The van der Waals surface area contributed by atoms with E-state index in [1.165, 1.54) is 6.07 Å². The van der Waals surface area contributed by atoms with Crippen LogP contribution in [0.2, 0.25) is 0 Å². The summed E-state index contributed by atoms with van der Waals surface area (Å²) in [6, 6.07) is 12.6. The first kappa shape index (κ1) is 11.4. The number of nitro groups is 1. The van der Waals surface area contributed by atoms with Gasteiger partial charge in [0, 0.05) is 12.6 Å². The highest BCUT2D eigenvalue weighted by Gasteiger charge is 2.31. The van der Waals surface area contributed by atoms with Crippen LogP contribution in [0.3, 0.4) is 0 Å². The summed E-state index contributed by atoms with van der Waals surface area (Å²) in [5, 5.41) is 13.6. The van der Waals surface area contributed by atoms with E-state index in [9.17, 15) is 14.9 Å². The van der Waals surface area contributed by atoms with Gasteiger partial charge in [0.1, 0.15) is 5.56 Å². The van der Waals surface area contributed by atoms with E-state index in [1.807, 2.05) is 30.3 Å². The van der Waals surface area contributed by atoms with Crippen LogP contribution in [0.1, 0.15) is 15.9 Å². The van der Waals surface area contributed by atoms with Crippen molar-refractivity contribution >= 4 is 11.6 Å². The quantitative estimate of drug-likeness (QED) is 0.661. The van der Waals surface area contributed by atoms with Crippen molar-refractivity contribution in [3.05, 3.63) is 63.7 Å². The Morgan fingerprint density at radius 2 is 1.84 bits per heavy atom. The lowest BCUT2D eigenvalue weighted by atomic mass is 9.96. The second-order valence-corrected chi connectivity index (χ2v) is 4.29. The number of nitrogens with one attached hydrogen (secondary N) is 1. The Balaban J connectivity index is 2.26. The maximum atomic E-state index is 11.8. The first-order valence-electron chi connectivity index (χ1n) is 5.82. The zero-order valence-electron chi connectivity index (χ0n) is 9.92. The van der Waals surface area contributed by atoms with Crippen LogP contribution in [0.25, 0.3) is 11.1 Å². The van der Waals surface area contributed by atoms with Crippen molar-refractivity contribution in [3.63, 3.8) is 0 Å². The van der Waals surface area contributed by atoms with E-state index in [1.54, 1.807) is 6.07 Å². The molecular weight excluding hydrogens is 244 g/mol. The molecule has 0 saturated carbocycles. The average molecular weight is 254 g/mol. The third kappa shape index (κ3) is 1.76. The van der Waals surface area contributed by atoms with Crippen molar-refractivity contribution in [1.82, 2.24) is 5.32 Å². The third-order valence-electron chi connectivity index (χ3n) is 3.23. The first-order chi connectivity index (χ1) is 9.18. The van der Waals surface area contributed by atoms with Crippen LogP contribution >= 0.6 is 0 Å². The number of hydrogen-bond donors (Lipinski definition) is 1. The maximum absolute atomic E-state index is 11.8. The molecular formula is C14H10N2O3. The molecule has 0 spiro atoms. The normalized spacial score (nSPS) is 12.9. The van der Waals surface area contributed by atoms with Gasteiger partial charge in [-0.2, -0.15) is 0 Å². The van der Waals surface area contributed by atoms with E-state index >= 15 is 0 Å². The van der Waals surface area contributed by atoms with Crippen LogP contribution in [0.4, 0.5) is 5.69 Å². The highest BCUT2D eigenvalue weighted by atomic mass is 16.6. The molecule has 5 heteroatoms. The van der Waals surface area contributed by atoms with Gasteiger partial charge in [0.25, 0.3) is 11.6 Å². The fourth-order valence-electron chi connectivity index (χ4n) is 2.37. The van der Waals surface area contributed by atoms with Crippen LogP contribution in [0.15, 0.2) is 42.5 Å². The minimum Gasteiger partial charge on any atom is -0.348 e. The Hall–Kier alpha value is -2.69. The van der Waals surface area contributed by atoms with Crippen LogP contribution in [-0.2, 0) is 6.54 Å².